The van der Waals surface area contributed by atoms with E-state index < -0.39 is 0 Å². The molecule has 0 unspecified atom stereocenters. The van der Waals surface area contributed by atoms with Gasteiger partial charge in [0, 0.05) is 37.0 Å². The highest BCUT2D eigenvalue weighted by molar-refractivity contribution is 5.15. The van der Waals surface area contributed by atoms with Crippen LogP contribution >= 0.6 is 0 Å². The Hall–Kier alpha value is -1.74. The van der Waals surface area contributed by atoms with Crippen LogP contribution in [0.5, 0.6) is 0 Å². The van der Waals surface area contributed by atoms with Crippen molar-refractivity contribution in [2.24, 2.45) is 0 Å². The van der Waals surface area contributed by atoms with Gasteiger partial charge in [-0.3, -0.25) is 0 Å². The fourth-order valence-corrected chi connectivity index (χ4v) is 1.82. The van der Waals surface area contributed by atoms with Crippen LogP contribution in [0.1, 0.15) is 30.8 Å². The van der Waals surface area contributed by atoms with Crippen molar-refractivity contribution in [3.8, 4) is 0 Å². The Morgan fingerprint density at radius 2 is 1.63 bits per heavy atom. The highest BCUT2D eigenvalue weighted by Gasteiger charge is 2.00. The zero-order valence-corrected chi connectivity index (χ0v) is 11.6. The lowest BCUT2D eigenvalue weighted by Gasteiger charge is -2.07. The molecule has 1 N–H and O–H groups in total. The van der Waals surface area contributed by atoms with Crippen molar-refractivity contribution in [1.29, 1.82) is 0 Å². The second-order valence-electron chi connectivity index (χ2n) is 5.03. The van der Waals surface area contributed by atoms with Crippen molar-refractivity contribution in [2.75, 3.05) is 0 Å². The zero-order valence-electron chi connectivity index (χ0n) is 11.6. The van der Waals surface area contributed by atoms with Gasteiger partial charge in [-0.1, -0.05) is 44.2 Å². The summed E-state index contributed by atoms with van der Waals surface area (Å²) in [5.74, 6) is 0.914. The topological polar surface area (TPSA) is 37.8 Å². The van der Waals surface area contributed by atoms with Crippen molar-refractivity contribution in [3.05, 3.63) is 59.7 Å². The highest BCUT2D eigenvalue weighted by atomic mass is 14.9. The Bertz CT molecular complexity index is 477. The van der Waals surface area contributed by atoms with Crippen molar-refractivity contribution >= 4 is 0 Å². The first-order valence-corrected chi connectivity index (χ1v) is 6.81. The van der Waals surface area contributed by atoms with Gasteiger partial charge < -0.3 is 5.32 Å². The largest absolute Gasteiger partial charge is 0.310 e. The van der Waals surface area contributed by atoms with Crippen LogP contribution < -0.4 is 5.32 Å². The lowest BCUT2D eigenvalue weighted by molar-refractivity contribution is 0.586. The molecule has 0 bridgehead atoms. The zero-order chi connectivity index (χ0) is 13.5. The molecular weight excluding hydrogens is 234 g/mol. The minimum absolute atomic E-state index is 0.484. The summed E-state index contributed by atoms with van der Waals surface area (Å²) < 4.78 is 0. The summed E-state index contributed by atoms with van der Waals surface area (Å²) in [4.78, 5) is 8.84. The van der Waals surface area contributed by atoms with E-state index in [9.17, 15) is 0 Å². The minimum Gasteiger partial charge on any atom is -0.310 e. The second kappa shape index (κ2) is 7.00. The van der Waals surface area contributed by atoms with E-state index in [0.29, 0.717) is 6.04 Å². The van der Waals surface area contributed by atoms with Crippen molar-refractivity contribution in [3.63, 3.8) is 0 Å². The van der Waals surface area contributed by atoms with E-state index in [2.05, 4.69) is 53.4 Å². The fraction of sp³-hybridized carbons (Fsp3) is 0.375. The molecule has 0 atom stereocenters. The van der Waals surface area contributed by atoms with Gasteiger partial charge in [0.1, 0.15) is 5.82 Å². The molecule has 0 aliphatic carbocycles. The highest BCUT2D eigenvalue weighted by Crippen LogP contribution is 2.04. The summed E-state index contributed by atoms with van der Waals surface area (Å²) >= 11 is 0. The molecule has 0 radical (unpaired) electrons. The molecule has 0 saturated carbocycles. The maximum atomic E-state index is 4.42. The van der Waals surface area contributed by atoms with E-state index in [1.807, 2.05) is 18.5 Å². The molecule has 0 aliphatic rings. The maximum absolute atomic E-state index is 4.42. The molecule has 0 fully saturated rings. The van der Waals surface area contributed by atoms with Crippen LogP contribution in [0.3, 0.4) is 0 Å². The molecule has 2 aromatic rings. The van der Waals surface area contributed by atoms with Crippen LogP contribution in [-0.4, -0.2) is 16.0 Å². The van der Waals surface area contributed by atoms with Crippen LogP contribution in [-0.2, 0) is 19.4 Å². The Kier molecular flexibility index (Phi) is 5.04. The molecule has 1 aromatic carbocycles. The molecule has 19 heavy (non-hydrogen) atoms. The molecule has 0 spiro atoms. The third-order valence-corrected chi connectivity index (χ3v) is 2.95. The van der Waals surface area contributed by atoms with Gasteiger partial charge in [0.2, 0.25) is 0 Å². The first-order chi connectivity index (χ1) is 9.24. The van der Waals surface area contributed by atoms with Gasteiger partial charge in [0.15, 0.2) is 0 Å². The fourth-order valence-electron chi connectivity index (χ4n) is 1.82. The lowest BCUT2D eigenvalue weighted by Crippen LogP contribution is -2.22. The predicted octanol–water partition coefficient (Wildman–Crippen LogP) is 2.76. The number of nitrogens with zero attached hydrogens (tertiary/aromatic N) is 2. The first kappa shape index (κ1) is 13.7. The number of hydrogen-bond donors (Lipinski definition) is 1. The normalized spacial score (nSPS) is 10.9. The number of rotatable bonds is 6. The summed E-state index contributed by atoms with van der Waals surface area (Å²) in [5.41, 5.74) is 2.47. The molecule has 1 aromatic heterocycles. The molecule has 0 saturated heterocycles. The standard InChI is InChI=1S/C16H21N3/c1-13(2)17-10-15-11-18-16(19-12-15)9-8-14-6-4-3-5-7-14/h3-7,11-13,17H,8-10H2,1-2H3. The van der Waals surface area contributed by atoms with Crippen molar-refractivity contribution in [2.45, 2.75) is 39.3 Å². The van der Waals surface area contributed by atoms with Gasteiger partial charge in [0.05, 0.1) is 0 Å². The minimum atomic E-state index is 0.484. The maximum Gasteiger partial charge on any atom is 0.128 e. The van der Waals surface area contributed by atoms with Gasteiger partial charge in [-0.2, -0.15) is 0 Å². The van der Waals surface area contributed by atoms with Crippen molar-refractivity contribution < 1.29 is 0 Å². The van der Waals surface area contributed by atoms with E-state index in [1.165, 1.54) is 5.56 Å². The summed E-state index contributed by atoms with van der Waals surface area (Å²) in [6, 6.07) is 10.9. The van der Waals surface area contributed by atoms with E-state index >= 15 is 0 Å². The number of benzene rings is 1. The Balaban J connectivity index is 1.85. The molecule has 0 amide bonds. The van der Waals surface area contributed by atoms with Crippen LogP contribution in [0.4, 0.5) is 0 Å². The Morgan fingerprint density at radius 1 is 0.947 bits per heavy atom. The quantitative estimate of drug-likeness (QED) is 0.862. The van der Waals surface area contributed by atoms with E-state index in [-0.39, 0.29) is 0 Å². The molecule has 2 rings (SSSR count). The molecule has 3 nitrogen and oxygen atoms in total. The summed E-state index contributed by atoms with van der Waals surface area (Å²) in [6.45, 7) is 5.10. The lowest BCUT2D eigenvalue weighted by atomic mass is 10.1. The van der Waals surface area contributed by atoms with Gasteiger partial charge in [0.25, 0.3) is 0 Å². The third-order valence-electron chi connectivity index (χ3n) is 2.95. The SMILES string of the molecule is CC(C)NCc1cnc(CCc2ccccc2)nc1. The smallest absolute Gasteiger partial charge is 0.128 e. The van der Waals surface area contributed by atoms with Gasteiger partial charge >= 0.3 is 0 Å². The average Bonchev–Trinajstić information content (AvgIpc) is 2.45. The molecule has 0 aliphatic heterocycles. The monoisotopic (exact) mass is 255 g/mol. The van der Waals surface area contributed by atoms with E-state index in [4.69, 9.17) is 0 Å². The Labute approximate surface area is 115 Å². The average molecular weight is 255 g/mol. The van der Waals surface area contributed by atoms with Crippen molar-refractivity contribution in [1.82, 2.24) is 15.3 Å². The number of nitrogens with one attached hydrogen (secondary N) is 1. The Morgan fingerprint density at radius 3 is 2.26 bits per heavy atom. The molecule has 3 heteroatoms. The molecular formula is C16H21N3. The number of aromatic nitrogens is 2. The van der Waals surface area contributed by atoms with Crippen LogP contribution in [0.15, 0.2) is 42.7 Å². The number of aryl methyl sites for hydroxylation is 2. The van der Waals surface area contributed by atoms with Gasteiger partial charge in [-0.05, 0) is 12.0 Å². The summed E-state index contributed by atoms with van der Waals surface area (Å²) in [5, 5.41) is 3.36. The van der Waals surface area contributed by atoms with E-state index in [1.54, 1.807) is 0 Å². The van der Waals surface area contributed by atoms with Gasteiger partial charge in [-0.25, -0.2) is 9.97 Å². The molecule has 1 heterocycles. The first-order valence-electron chi connectivity index (χ1n) is 6.81. The van der Waals surface area contributed by atoms with Gasteiger partial charge in [-0.15, -0.1) is 0 Å². The molecule has 100 valence electrons. The summed E-state index contributed by atoms with van der Waals surface area (Å²) in [6.07, 6.45) is 5.72. The number of hydrogen-bond acceptors (Lipinski definition) is 3. The summed E-state index contributed by atoms with van der Waals surface area (Å²) in [7, 11) is 0. The third kappa shape index (κ3) is 4.79. The van der Waals surface area contributed by atoms with Crippen LogP contribution in [0.25, 0.3) is 0 Å². The second-order valence-corrected chi connectivity index (χ2v) is 5.03. The predicted molar refractivity (Wildman–Crippen MR) is 77.9 cm³/mol. The van der Waals surface area contributed by atoms with Crippen LogP contribution in [0.2, 0.25) is 0 Å². The van der Waals surface area contributed by atoms with Crippen LogP contribution in [0, 0.1) is 0 Å². The van der Waals surface area contributed by atoms with E-state index in [0.717, 1.165) is 30.8 Å².